The summed E-state index contributed by atoms with van der Waals surface area (Å²) in [4.78, 5) is 14.8. The molecule has 1 unspecified atom stereocenters. The summed E-state index contributed by atoms with van der Waals surface area (Å²) in [5.41, 5.74) is 0.692. The van der Waals surface area contributed by atoms with E-state index >= 15 is 0 Å². The van der Waals surface area contributed by atoms with Gasteiger partial charge < -0.3 is 9.88 Å². The zero-order valence-corrected chi connectivity index (χ0v) is 8.15. The maximum Gasteiger partial charge on any atom is 0.168 e. The summed E-state index contributed by atoms with van der Waals surface area (Å²) in [7, 11) is 0. The minimum atomic E-state index is 0.438. The van der Waals surface area contributed by atoms with E-state index < -0.39 is 0 Å². The Kier molecular flexibility index (Phi) is 2.93. The molecule has 1 aliphatic rings. The highest BCUT2D eigenvalue weighted by molar-refractivity contribution is 5.71. The highest BCUT2D eigenvalue weighted by Gasteiger charge is 2.15. The Bertz CT molecular complexity index is 300. The van der Waals surface area contributed by atoms with Crippen LogP contribution in [0.4, 0.5) is 0 Å². The molecular weight excluding hydrogens is 178 g/mol. The van der Waals surface area contributed by atoms with E-state index in [0.29, 0.717) is 11.7 Å². The molecule has 1 aromatic heterocycles. The molecule has 76 valence electrons. The number of nitrogens with one attached hydrogen (secondary N) is 1. The Balaban J connectivity index is 2.15. The monoisotopic (exact) mass is 193 g/mol. The van der Waals surface area contributed by atoms with E-state index in [1.54, 1.807) is 12.5 Å². The summed E-state index contributed by atoms with van der Waals surface area (Å²) in [6.45, 7) is 2.11. The molecule has 0 amide bonds. The predicted molar refractivity (Wildman–Crippen MR) is 53.4 cm³/mol. The van der Waals surface area contributed by atoms with Gasteiger partial charge in [0.05, 0.1) is 12.5 Å². The molecule has 1 atom stereocenters. The third-order valence-electron chi connectivity index (χ3n) is 2.76. The molecule has 1 N–H and O–H groups in total. The van der Waals surface area contributed by atoms with Crippen LogP contribution in [0.5, 0.6) is 0 Å². The predicted octanol–water partition coefficient (Wildman–Crippen LogP) is 1.01. The van der Waals surface area contributed by atoms with Gasteiger partial charge in [-0.3, -0.25) is 4.79 Å². The Labute approximate surface area is 83.3 Å². The van der Waals surface area contributed by atoms with Gasteiger partial charge in [0.15, 0.2) is 6.29 Å². The van der Waals surface area contributed by atoms with E-state index in [2.05, 4.69) is 10.3 Å². The molecular formula is C10H15N3O. The van der Waals surface area contributed by atoms with Gasteiger partial charge in [0.2, 0.25) is 0 Å². The van der Waals surface area contributed by atoms with E-state index in [1.807, 2.05) is 4.57 Å². The second-order valence-electron chi connectivity index (χ2n) is 3.68. The van der Waals surface area contributed by atoms with Gasteiger partial charge in [-0.2, -0.15) is 0 Å². The largest absolute Gasteiger partial charge is 0.325 e. The van der Waals surface area contributed by atoms with Crippen LogP contribution in [-0.4, -0.2) is 28.9 Å². The lowest BCUT2D eigenvalue weighted by Gasteiger charge is -2.16. The highest BCUT2D eigenvalue weighted by atomic mass is 16.1. The Morgan fingerprint density at radius 2 is 2.43 bits per heavy atom. The Hall–Kier alpha value is -1.16. The van der Waals surface area contributed by atoms with Crippen molar-refractivity contribution in [3.8, 4) is 0 Å². The first kappa shape index (κ1) is 9.40. The quantitative estimate of drug-likeness (QED) is 0.713. The van der Waals surface area contributed by atoms with Crippen molar-refractivity contribution in [1.29, 1.82) is 0 Å². The van der Waals surface area contributed by atoms with Crippen LogP contribution in [0.25, 0.3) is 0 Å². The Morgan fingerprint density at radius 1 is 1.50 bits per heavy atom. The topological polar surface area (TPSA) is 46.9 Å². The molecule has 4 heteroatoms. The fraction of sp³-hybridized carbons (Fsp3) is 0.600. The van der Waals surface area contributed by atoms with Crippen molar-refractivity contribution in [2.75, 3.05) is 13.1 Å². The lowest BCUT2D eigenvalue weighted by atomic mass is 10.1. The molecule has 0 bridgehead atoms. The van der Waals surface area contributed by atoms with E-state index in [4.69, 9.17) is 0 Å². The maximum atomic E-state index is 10.7. The van der Waals surface area contributed by atoms with Crippen molar-refractivity contribution in [3.63, 3.8) is 0 Å². The number of rotatable bonds is 2. The van der Waals surface area contributed by atoms with Crippen LogP contribution in [0.2, 0.25) is 0 Å². The SMILES string of the molecule is O=Cc1cncn1C1CCCNCC1. The molecule has 2 heterocycles. The summed E-state index contributed by atoms with van der Waals surface area (Å²) < 4.78 is 2.00. The van der Waals surface area contributed by atoms with E-state index in [-0.39, 0.29) is 0 Å². The molecule has 0 spiro atoms. The Morgan fingerprint density at radius 3 is 3.29 bits per heavy atom. The number of hydrogen-bond acceptors (Lipinski definition) is 3. The second-order valence-corrected chi connectivity index (χ2v) is 3.68. The van der Waals surface area contributed by atoms with Gasteiger partial charge in [-0.25, -0.2) is 4.98 Å². The minimum absolute atomic E-state index is 0.438. The molecule has 1 fully saturated rings. The van der Waals surface area contributed by atoms with Crippen LogP contribution in [0, 0.1) is 0 Å². The van der Waals surface area contributed by atoms with Gasteiger partial charge >= 0.3 is 0 Å². The lowest BCUT2D eigenvalue weighted by Crippen LogP contribution is -2.15. The van der Waals surface area contributed by atoms with Crippen LogP contribution in [0.3, 0.4) is 0 Å². The summed E-state index contributed by atoms with van der Waals surface area (Å²) in [5.74, 6) is 0. The highest BCUT2D eigenvalue weighted by Crippen LogP contribution is 2.20. The standard InChI is InChI=1S/C10H15N3O/c14-7-10-6-12-8-13(10)9-2-1-4-11-5-3-9/h6-9,11H,1-5H2. The van der Waals surface area contributed by atoms with Gasteiger partial charge in [-0.1, -0.05) is 0 Å². The average molecular weight is 193 g/mol. The van der Waals surface area contributed by atoms with Crippen LogP contribution < -0.4 is 5.32 Å². The molecule has 0 aromatic carbocycles. The summed E-state index contributed by atoms with van der Waals surface area (Å²) in [5, 5.41) is 3.35. The molecule has 2 rings (SSSR count). The third-order valence-corrected chi connectivity index (χ3v) is 2.76. The summed E-state index contributed by atoms with van der Waals surface area (Å²) in [6, 6.07) is 0.438. The van der Waals surface area contributed by atoms with E-state index in [1.165, 1.54) is 6.42 Å². The maximum absolute atomic E-state index is 10.7. The molecule has 4 nitrogen and oxygen atoms in total. The summed E-state index contributed by atoms with van der Waals surface area (Å²) >= 11 is 0. The van der Waals surface area contributed by atoms with Crippen LogP contribution in [-0.2, 0) is 0 Å². The number of nitrogens with zero attached hydrogens (tertiary/aromatic N) is 2. The van der Waals surface area contributed by atoms with E-state index in [0.717, 1.165) is 32.2 Å². The molecule has 1 aliphatic heterocycles. The number of hydrogen-bond donors (Lipinski definition) is 1. The molecule has 0 aliphatic carbocycles. The van der Waals surface area contributed by atoms with Crippen molar-refractivity contribution in [2.45, 2.75) is 25.3 Å². The average Bonchev–Trinajstić information content (AvgIpc) is 2.52. The number of aldehydes is 1. The zero-order chi connectivity index (χ0) is 9.80. The molecule has 0 saturated carbocycles. The third kappa shape index (κ3) is 1.85. The van der Waals surface area contributed by atoms with Gasteiger partial charge in [-0.05, 0) is 32.4 Å². The first-order chi connectivity index (χ1) is 6.92. The fourth-order valence-electron chi connectivity index (χ4n) is 1.99. The normalized spacial score (nSPS) is 23.0. The minimum Gasteiger partial charge on any atom is -0.325 e. The van der Waals surface area contributed by atoms with Gasteiger partial charge in [0.25, 0.3) is 0 Å². The molecule has 0 radical (unpaired) electrons. The fourth-order valence-corrected chi connectivity index (χ4v) is 1.99. The van der Waals surface area contributed by atoms with Crippen molar-refractivity contribution in [2.24, 2.45) is 0 Å². The van der Waals surface area contributed by atoms with E-state index in [9.17, 15) is 4.79 Å². The van der Waals surface area contributed by atoms with Gasteiger partial charge in [0.1, 0.15) is 5.69 Å². The number of carbonyl (C=O) groups excluding carboxylic acids is 1. The molecule has 14 heavy (non-hydrogen) atoms. The first-order valence-corrected chi connectivity index (χ1v) is 5.09. The first-order valence-electron chi connectivity index (χ1n) is 5.09. The van der Waals surface area contributed by atoms with Crippen LogP contribution >= 0.6 is 0 Å². The lowest BCUT2D eigenvalue weighted by molar-refractivity contribution is 0.111. The van der Waals surface area contributed by atoms with Crippen LogP contribution in [0.15, 0.2) is 12.5 Å². The van der Waals surface area contributed by atoms with Crippen LogP contribution in [0.1, 0.15) is 35.8 Å². The molecule has 1 saturated heterocycles. The van der Waals surface area contributed by atoms with Crippen molar-refractivity contribution >= 4 is 6.29 Å². The number of carbonyl (C=O) groups is 1. The van der Waals surface area contributed by atoms with Crippen molar-refractivity contribution < 1.29 is 4.79 Å². The molecule has 1 aromatic rings. The second kappa shape index (κ2) is 4.37. The van der Waals surface area contributed by atoms with Crippen molar-refractivity contribution in [3.05, 3.63) is 18.2 Å². The van der Waals surface area contributed by atoms with Crippen molar-refractivity contribution in [1.82, 2.24) is 14.9 Å². The number of imidazole rings is 1. The van der Waals surface area contributed by atoms with Gasteiger partial charge in [-0.15, -0.1) is 0 Å². The van der Waals surface area contributed by atoms with Gasteiger partial charge in [0, 0.05) is 6.04 Å². The number of aromatic nitrogens is 2. The smallest absolute Gasteiger partial charge is 0.168 e. The summed E-state index contributed by atoms with van der Waals surface area (Å²) in [6.07, 6.45) is 7.65. The zero-order valence-electron chi connectivity index (χ0n) is 8.15.